The summed E-state index contributed by atoms with van der Waals surface area (Å²) in [4.78, 5) is 11.8. The van der Waals surface area contributed by atoms with Crippen molar-refractivity contribution in [2.75, 3.05) is 65.2 Å². The Morgan fingerprint density at radius 2 is 1.76 bits per heavy atom. The van der Waals surface area contributed by atoms with Crippen molar-refractivity contribution in [1.82, 2.24) is 44.9 Å². The molecule has 1 unspecified atom stereocenters. The zero-order valence-electron chi connectivity index (χ0n) is 27.8. The van der Waals surface area contributed by atoms with Crippen LogP contribution in [0.15, 0.2) is 43.1 Å². The summed E-state index contributed by atoms with van der Waals surface area (Å²) in [5, 5.41) is 19.9. The van der Waals surface area contributed by atoms with Crippen molar-refractivity contribution in [2.24, 2.45) is 0 Å². The normalized spacial score (nSPS) is 18.8. The first-order valence-corrected chi connectivity index (χ1v) is 16.8. The van der Waals surface area contributed by atoms with Crippen LogP contribution in [0.3, 0.4) is 0 Å². The molecule has 1 saturated carbocycles. The average Bonchev–Trinajstić information content (AvgIpc) is 3.78. The van der Waals surface area contributed by atoms with Crippen LogP contribution in [0, 0.1) is 0 Å². The Bertz CT molecular complexity index is 1550. The molecule has 0 bridgehead atoms. The van der Waals surface area contributed by atoms with Crippen molar-refractivity contribution < 1.29 is 23.7 Å². The number of rotatable bonds is 16. The van der Waals surface area contributed by atoms with Crippen LogP contribution in [-0.2, 0) is 20.8 Å². The summed E-state index contributed by atoms with van der Waals surface area (Å²) in [6.07, 6.45) is 11.2. The molecule has 266 valence electrons. The highest BCUT2D eigenvalue weighted by atomic mass is 35.5. The highest BCUT2D eigenvalue weighted by Gasteiger charge is 2.29. The molecule has 3 aromatic heterocycles. The van der Waals surface area contributed by atoms with Crippen molar-refractivity contribution in [3.63, 3.8) is 0 Å². The molecule has 49 heavy (non-hydrogen) atoms. The lowest BCUT2D eigenvalue weighted by molar-refractivity contribution is 0.00501. The number of hydrogen-bond donors (Lipinski definition) is 1. The molecule has 2 aliphatic rings. The van der Waals surface area contributed by atoms with E-state index in [0.717, 1.165) is 63.1 Å². The standard InChI is InChI=1S/C32H43ClN10O5.ClH/c1-23(20-42-22-36-39-40-42)48-30-17-24(3-8-28(30)33)25-18-34-32(35-19-25)37-29-21-43(38-31(29)47-16-15-46-14-13-44-2)27-6-4-26(5-7-27)41-9-11-45-12-10-41;/h3,8,17-19,21-23,26-27H,4-7,9-16,20H2,1-2H3,(H,34,35,37);1H. The van der Waals surface area contributed by atoms with E-state index in [2.05, 4.69) is 35.7 Å². The van der Waals surface area contributed by atoms with Gasteiger partial charge in [-0.05, 0) is 60.7 Å². The molecule has 4 aromatic rings. The number of aromatic nitrogens is 8. The van der Waals surface area contributed by atoms with Crippen molar-refractivity contribution in [3.8, 4) is 22.8 Å². The van der Waals surface area contributed by atoms with Crippen LogP contribution in [0.4, 0.5) is 11.6 Å². The van der Waals surface area contributed by atoms with E-state index in [4.69, 9.17) is 40.4 Å². The lowest BCUT2D eigenvalue weighted by Crippen LogP contribution is -2.45. The van der Waals surface area contributed by atoms with Crippen LogP contribution in [0.25, 0.3) is 11.1 Å². The van der Waals surface area contributed by atoms with Crippen LogP contribution in [0.5, 0.6) is 11.6 Å². The van der Waals surface area contributed by atoms with Crippen molar-refractivity contribution >= 4 is 35.6 Å². The molecule has 0 amide bonds. The van der Waals surface area contributed by atoms with Crippen molar-refractivity contribution in [1.29, 1.82) is 0 Å². The molecule has 1 N–H and O–H groups in total. The minimum Gasteiger partial charge on any atom is -0.487 e. The maximum atomic E-state index is 6.46. The molecule has 6 rings (SSSR count). The molecule has 15 nitrogen and oxygen atoms in total. The Morgan fingerprint density at radius 3 is 2.49 bits per heavy atom. The first-order chi connectivity index (χ1) is 23.6. The molecule has 1 aliphatic carbocycles. The van der Waals surface area contributed by atoms with E-state index in [1.807, 2.05) is 29.9 Å². The van der Waals surface area contributed by atoms with E-state index < -0.39 is 0 Å². The summed E-state index contributed by atoms with van der Waals surface area (Å²) < 4.78 is 32.0. The molecular formula is C32H44Cl2N10O5. The van der Waals surface area contributed by atoms with Gasteiger partial charge < -0.3 is 29.0 Å². The maximum absolute atomic E-state index is 6.46. The van der Waals surface area contributed by atoms with Gasteiger partial charge in [-0.2, -0.15) is 0 Å². The number of hydrogen-bond acceptors (Lipinski definition) is 13. The van der Waals surface area contributed by atoms with Gasteiger partial charge in [-0.3, -0.25) is 9.58 Å². The highest BCUT2D eigenvalue weighted by molar-refractivity contribution is 6.32. The summed E-state index contributed by atoms with van der Waals surface area (Å²) in [6, 6.07) is 6.48. The third kappa shape index (κ3) is 10.2. The van der Waals surface area contributed by atoms with Gasteiger partial charge in [0, 0.05) is 44.2 Å². The SMILES string of the molecule is COCCOCCOc1nn(C2CCC(N3CCOCC3)CC2)cc1Nc1ncc(-c2ccc(Cl)c(OC(C)Cn3cnnn3)c2)cn1.Cl. The molecule has 1 aliphatic heterocycles. The first kappa shape index (κ1) is 36.7. The summed E-state index contributed by atoms with van der Waals surface area (Å²) in [7, 11) is 1.65. The van der Waals surface area contributed by atoms with E-state index in [1.165, 1.54) is 0 Å². The fourth-order valence-corrected chi connectivity index (χ4v) is 6.21. The van der Waals surface area contributed by atoms with Gasteiger partial charge in [-0.25, -0.2) is 14.6 Å². The van der Waals surface area contributed by atoms with Gasteiger partial charge in [0.25, 0.3) is 5.88 Å². The number of halogens is 2. The molecule has 1 aromatic carbocycles. The predicted octanol–water partition coefficient (Wildman–Crippen LogP) is 4.47. The van der Waals surface area contributed by atoms with Crippen LogP contribution in [0.2, 0.25) is 5.02 Å². The molecule has 0 radical (unpaired) electrons. The number of methoxy groups -OCH3 is 1. The van der Waals surface area contributed by atoms with E-state index >= 15 is 0 Å². The Hall–Kier alpha value is -3.60. The Balaban J connectivity index is 0.00000468. The number of tetrazole rings is 1. The zero-order valence-corrected chi connectivity index (χ0v) is 29.4. The minimum absolute atomic E-state index is 0. The summed E-state index contributed by atoms with van der Waals surface area (Å²) in [6.45, 7) is 7.92. The minimum atomic E-state index is -0.210. The molecule has 17 heteroatoms. The second kappa shape index (κ2) is 18.4. The number of morpholine rings is 1. The van der Waals surface area contributed by atoms with Gasteiger partial charge in [-0.1, -0.05) is 17.7 Å². The van der Waals surface area contributed by atoms with Crippen LogP contribution in [0.1, 0.15) is 38.6 Å². The Kier molecular flexibility index (Phi) is 13.8. The number of nitrogens with one attached hydrogen (secondary N) is 1. The van der Waals surface area contributed by atoms with Crippen molar-refractivity contribution in [2.45, 2.75) is 57.3 Å². The zero-order chi connectivity index (χ0) is 33.1. The van der Waals surface area contributed by atoms with Crippen LogP contribution in [-0.4, -0.2) is 117 Å². The van der Waals surface area contributed by atoms with E-state index in [9.17, 15) is 0 Å². The molecule has 0 spiro atoms. The monoisotopic (exact) mass is 718 g/mol. The fourth-order valence-electron chi connectivity index (χ4n) is 6.04. The predicted molar refractivity (Wildman–Crippen MR) is 185 cm³/mol. The van der Waals surface area contributed by atoms with Crippen molar-refractivity contribution in [3.05, 3.63) is 48.1 Å². The second-order valence-electron chi connectivity index (χ2n) is 11.9. The Labute approximate surface area is 297 Å². The summed E-state index contributed by atoms with van der Waals surface area (Å²) in [5.74, 6) is 1.47. The third-order valence-electron chi connectivity index (χ3n) is 8.53. The summed E-state index contributed by atoms with van der Waals surface area (Å²) >= 11 is 6.46. The highest BCUT2D eigenvalue weighted by Crippen LogP contribution is 2.35. The largest absolute Gasteiger partial charge is 0.487 e. The van der Waals surface area contributed by atoms with Gasteiger partial charge >= 0.3 is 0 Å². The fraction of sp³-hybridized carbons (Fsp3) is 0.562. The lowest BCUT2D eigenvalue weighted by Gasteiger charge is -2.38. The number of nitrogens with zero attached hydrogens (tertiary/aromatic N) is 9. The number of benzene rings is 1. The van der Waals surface area contributed by atoms with Gasteiger partial charge in [-0.15, -0.1) is 22.6 Å². The molecule has 1 saturated heterocycles. The van der Waals surface area contributed by atoms with E-state index in [0.29, 0.717) is 73.3 Å². The lowest BCUT2D eigenvalue weighted by atomic mass is 9.90. The maximum Gasteiger partial charge on any atom is 0.257 e. The molecule has 1 atom stereocenters. The topological polar surface area (TPSA) is 149 Å². The Morgan fingerprint density at radius 1 is 1.00 bits per heavy atom. The van der Waals surface area contributed by atoms with Gasteiger partial charge in [0.05, 0.1) is 56.8 Å². The third-order valence-corrected chi connectivity index (χ3v) is 8.84. The summed E-state index contributed by atoms with van der Waals surface area (Å²) in [5.41, 5.74) is 2.38. The average molecular weight is 720 g/mol. The first-order valence-electron chi connectivity index (χ1n) is 16.4. The molecular weight excluding hydrogens is 675 g/mol. The second-order valence-corrected chi connectivity index (χ2v) is 12.3. The van der Waals surface area contributed by atoms with E-state index in [-0.39, 0.29) is 18.5 Å². The molecule has 4 heterocycles. The van der Waals surface area contributed by atoms with E-state index in [1.54, 1.807) is 36.6 Å². The van der Waals surface area contributed by atoms with Crippen LogP contribution < -0.4 is 14.8 Å². The van der Waals surface area contributed by atoms with Gasteiger partial charge in [0.15, 0.2) is 0 Å². The number of ether oxygens (including phenoxy) is 5. The van der Waals surface area contributed by atoms with Gasteiger partial charge in [0.1, 0.15) is 30.5 Å². The quantitative estimate of drug-likeness (QED) is 0.163. The van der Waals surface area contributed by atoms with Gasteiger partial charge in [0.2, 0.25) is 5.95 Å². The van der Waals surface area contributed by atoms with Crippen LogP contribution >= 0.6 is 24.0 Å². The number of anilines is 2. The molecule has 2 fully saturated rings. The smallest absolute Gasteiger partial charge is 0.257 e.